The number of rotatable bonds is 8. The van der Waals surface area contributed by atoms with E-state index in [-0.39, 0.29) is 5.60 Å². The molecular weight excluding hydrogens is 406 g/mol. The lowest BCUT2D eigenvalue weighted by Crippen LogP contribution is -2.23. The minimum absolute atomic E-state index is 0.230. The molecule has 0 aliphatic carbocycles. The Hall–Kier alpha value is -3.59. The largest absolute Gasteiger partial charge is 0.479 e. The summed E-state index contributed by atoms with van der Waals surface area (Å²) in [5.41, 5.74) is 3.83. The van der Waals surface area contributed by atoms with E-state index in [9.17, 15) is 0 Å². The molecule has 9 heteroatoms. The molecule has 9 nitrogen and oxygen atoms in total. The Morgan fingerprint density at radius 1 is 1.06 bits per heavy atom. The molecule has 0 aromatic carbocycles. The molecule has 0 amide bonds. The molecule has 32 heavy (non-hydrogen) atoms. The van der Waals surface area contributed by atoms with Crippen LogP contribution in [0.15, 0.2) is 43.1 Å². The van der Waals surface area contributed by atoms with E-state index >= 15 is 0 Å². The number of methoxy groups -OCH3 is 2. The Kier molecular flexibility index (Phi) is 6.00. The summed E-state index contributed by atoms with van der Waals surface area (Å²) in [5.74, 6) is 0.895. The first-order valence-corrected chi connectivity index (χ1v) is 10.3. The van der Waals surface area contributed by atoms with Crippen molar-refractivity contribution < 1.29 is 9.47 Å². The topological polar surface area (TPSA) is 99.9 Å². The molecule has 4 heterocycles. The Labute approximate surface area is 186 Å². The second kappa shape index (κ2) is 8.88. The Morgan fingerprint density at radius 3 is 2.62 bits per heavy atom. The van der Waals surface area contributed by atoms with Gasteiger partial charge in [0.1, 0.15) is 5.69 Å². The number of nitrogens with one attached hydrogen (secondary N) is 1. The number of hydrogen-bond donors (Lipinski definition) is 1. The predicted molar refractivity (Wildman–Crippen MR) is 123 cm³/mol. The van der Waals surface area contributed by atoms with Gasteiger partial charge >= 0.3 is 0 Å². The van der Waals surface area contributed by atoms with Crippen LogP contribution in [0.5, 0.6) is 5.88 Å². The van der Waals surface area contributed by atoms with E-state index in [0.29, 0.717) is 17.5 Å². The van der Waals surface area contributed by atoms with Crippen LogP contribution in [0.3, 0.4) is 0 Å². The van der Waals surface area contributed by atoms with Gasteiger partial charge in [-0.05, 0) is 44.9 Å². The maximum absolute atomic E-state index is 5.54. The van der Waals surface area contributed by atoms with Gasteiger partial charge in [-0.2, -0.15) is 0 Å². The van der Waals surface area contributed by atoms with Gasteiger partial charge in [0.25, 0.3) is 0 Å². The second-order valence-electron chi connectivity index (χ2n) is 8.12. The van der Waals surface area contributed by atoms with Gasteiger partial charge in [-0.1, -0.05) is 0 Å². The third-order valence-electron chi connectivity index (χ3n) is 5.47. The van der Waals surface area contributed by atoms with E-state index in [1.54, 1.807) is 39.1 Å². The van der Waals surface area contributed by atoms with E-state index in [0.717, 1.165) is 40.8 Å². The molecule has 4 rings (SSSR count). The molecular formula is C23H27N7O2. The van der Waals surface area contributed by atoms with Crippen molar-refractivity contribution in [2.45, 2.75) is 32.3 Å². The van der Waals surface area contributed by atoms with Crippen LogP contribution in [0.4, 0.5) is 11.6 Å². The summed E-state index contributed by atoms with van der Waals surface area (Å²) in [6.45, 7) is 4.13. The highest BCUT2D eigenvalue weighted by atomic mass is 16.5. The van der Waals surface area contributed by atoms with Gasteiger partial charge in [0, 0.05) is 31.9 Å². The fourth-order valence-corrected chi connectivity index (χ4v) is 3.34. The molecule has 4 aromatic heterocycles. The highest BCUT2D eigenvalue weighted by Gasteiger charge is 2.18. The van der Waals surface area contributed by atoms with Crippen molar-refractivity contribution in [3.63, 3.8) is 0 Å². The van der Waals surface area contributed by atoms with E-state index < -0.39 is 0 Å². The zero-order valence-electron chi connectivity index (χ0n) is 19.0. The van der Waals surface area contributed by atoms with Crippen molar-refractivity contribution in [2.75, 3.05) is 19.5 Å². The molecule has 0 aliphatic rings. The Bertz CT molecular complexity index is 1240. The first kappa shape index (κ1) is 21.6. The molecule has 166 valence electrons. The van der Waals surface area contributed by atoms with Gasteiger partial charge < -0.3 is 19.4 Å². The van der Waals surface area contributed by atoms with Crippen molar-refractivity contribution in [3.8, 4) is 17.3 Å². The van der Waals surface area contributed by atoms with Gasteiger partial charge in [-0.3, -0.25) is 4.98 Å². The maximum atomic E-state index is 5.54. The van der Waals surface area contributed by atoms with E-state index in [1.807, 2.05) is 29.8 Å². The molecule has 0 aliphatic heterocycles. The Morgan fingerprint density at radius 2 is 1.91 bits per heavy atom. The minimum Gasteiger partial charge on any atom is -0.479 e. The Balaban J connectivity index is 1.63. The van der Waals surface area contributed by atoms with Crippen LogP contribution in [0.25, 0.3) is 22.3 Å². The van der Waals surface area contributed by atoms with Crippen LogP contribution >= 0.6 is 0 Å². The highest BCUT2D eigenvalue weighted by molar-refractivity contribution is 5.81. The average Bonchev–Trinajstić information content (AvgIpc) is 3.23. The van der Waals surface area contributed by atoms with Crippen molar-refractivity contribution in [1.29, 1.82) is 0 Å². The number of ether oxygens (including phenoxy) is 2. The molecule has 0 radical (unpaired) electrons. The summed E-state index contributed by atoms with van der Waals surface area (Å²) in [7, 11) is 5.23. The standard InChI is InChI=1S/C23H27N7O2/c1-23(2,32-5)10-8-17-20-15(9-11-25-17)12-26-22(29-20)28-18-7-6-16(27-21(18)31-4)19-13-24-14-30(19)3/h6-7,9,11-14H,8,10H2,1-5H3,(H,26,28,29). The lowest BCUT2D eigenvalue weighted by molar-refractivity contribution is 0.0156. The summed E-state index contributed by atoms with van der Waals surface area (Å²) >= 11 is 0. The molecule has 0 unspecified atom stereocenters. The quantitative estimate of drug-likeness (QED) is 0.446. The number of hydrogen-bond acceptors (Lipinski definition) is 8. The normalized spacial score (nSPS) is 11.7. The molecule has 0 saturated carbocycles. The van der Waals surface area contributed by atoms with Crippen LogP contribution in [0.2, 0.25) is 0 Å². The maximum Gasteiger partial charge on any atom is 0.238 e. The van der Waals surface area contributed by atoms with Crippen LogP contribution in [0, 0.1) is 0 Å². The molecule has 4 aromatic rings. The number of nitrogens with zero attached hydrogens (tertiary/aromatic N) is 6. The van der Waals surface area contributed by atoms with Crippen molar-refractivity contribution in [1.82, 2.24) is 29.5 Å². The van der Waals surface area contributed by atoms with E-state index in [2.05, 4.69) is 39.1 Å². The first-order chi connectivity index (χ1) is 15.4. The van der Waals surface area contributed by atoms with Crippen molar-refractivity contribution in [2.24, 2.45) is 7.05 Å². The lowest BCUT2D eigenvalue weighted by Gasteiger charge is -2.22. The second-order valence-corrected chi connectivity index (χ2v) is 8.12. The highest BCUT2D eigenvalue weighted by Crippen LogP contribution is 2.29. The summed E-state index contributed by atoms with van der Waals surface area (Å²) in [4.78, 5) is 22.5. The number of aryl methyl sites for hydroxylation is 2. The van der Waals surface area contributed by atoms with Crippen molar-refractivity contribution in [3.05, 3.63) is 48.8 Å². The monoisotopic (exact) mass is 433 g/mol. The van der Waals surface area contributed by atoms with Crippen LogP contribution < -0.4 is 10.1 Å². The summed E-state index contributed by atoms with van der Waals surface area (Å²) < 4.78 is 13.0. The predicted octanol–water partition coefficient (Wildman–Crippen LogP) is 3.93. The van der Waals surface area contributed by atoms with Crippen molar-refractivity contribution >= 4 is 22.5 Å². The third kappa shape index (κ3) is 4.52. The zero-order chi connectivity index (χ0) is 22.7. The fraction of sp³-hybridized carbons (Fsp3) is 0.348. The summed E-state index contributed by atoms with van der Waals surface area (Å²) in [6.07, 6.45) is 8.66. The molecule has 0 saturated heterocycles. The van der Waals surface area contributed by atoms with E-state index in [1.165, 1.54) is 0 Å². The van der Waals surface area contributed by atoms with Gasteiger partial charge in [0.2, 0.25) is 11.8 Å². The van der Waals surface area contributed by atoms with Gasteiger partial charge in [-0.15, -0.1) is 0 Å². The van der Waals surface area contributed by atoms with Crippen LogP contribution in [-0.4, -0.2) is 49.3 Å². The van der Waals surface area contributed by atoms with Crippen LogP contribution in [0.1, 0.15) is 26.0 Å². The summed E-state index contributed by atoms with van der Waals surface area (Å²) in [5, 5.41) is 4.17. The molecule has 0 fully saturated rings. The fourth-order valence-electron chi connectivity index (χ4n) is 3.34. The van der Waals surface area contributed by atoms with Crippen LogP contribution in [-0.2, 0) is 18.2 Å². The molecule has 0 spiro atoms. The number of pyridine rings is 2. The van der Waals surface area contributed by atoms with Gasteiger partial charge in [0.05, 0.1) is 47.8 Å². The van der Waals surface area contributed by atoms with E-state index in [4.69, 9.17) is 14.5 Å². The van der Waals surface area contributed by atoms with Gasteiger partial charge in [0.15, 0.2) is 0 Å². The zero-order valence-corrected chi connectivity index (χ0v) is 19.0. The lowest BCUT2D eigenvalue weighted by atomic mass is 10.0. The first-order valence-electron chi connectivity index (χ1n) is 10.3. The number of imidazole rings is 1. The van der Waals surface area contributed by atoms with Gasteiger partial charge in [-0.25, -0.2) is 19.9 Å². The minimum atomic E-state index is -0.230. The molecule has 1 N–H and O–H groups in total. The summed E-state index contributed by atoms with van der Waals surface area (Å²) in [6, 6.07) is 5.71. The molecule has 0 atom stereocenters. The smallest absolute Gasteiger partial charge is 0.238 e. The number of fused-ring (bicyclic) bond motifs is 1. The SMILES string of the molecule is COc1nc(-c2cncn2C)ccc1Nc1ncc2ccnc(CCC(C)(C)OC)c2n1. The molecule has 0 bridgehead atoms. The number of aromatic nitrogens is 6. The number of anilines is 2. The average molecular weight is 434 g/mol. The third-order valence-corrected chi connectivity index (χ3v) is 5.47.